The van der Waals surface area contributed by atoms with Gasteiger partial charge in [0.1, 0.15) is 101 Å². The van der Waals surface area contributed by atoms with Gasteiger partial charge in [0.2, 0.25) is 0 Å². The number of ether oxygens (including phenoxy) is 9. The molecule has 120 heavy (non-hydrogen) atoms. The van der Waals surface area contributed by atoms with Gasteiger partial charge >= 0.3 is 53.7 Å². The van der Waals surface area contributed by atoms with Gasteiger partial charge in [0.25, 0.3) is 20.3 Å². The number of carbonyl (C=O) groups excluding carboxylic acids is 9. The fraction of sp³-hybridized carbons (Fsp3) is 0.143. The number of benzene rings is 8. The minimum Gasteiger partial charge on any atom is -0.460 e. The van der Waals surface area contributed by atoms with Crippen molar-refractivity contribution in [2.45, 2.75) is 57.8 Å². The standard InChI is InChI=1S/2C27H19NO9S3.C23H18N2O12S3/c29-24(35-19-10-8-18(9-11-19)23-15-26(38)40-39-23)12-13-25(30)37-22-7-2-1-6-21(22)27(31)36-20-5-3-4-17(14-20)16-34-28(32)33;29-24(35-19-11-7-18(8-12-19)23-15-26(38)40-39-23)13-14-25(30)37-22-4-2-1-3-21(22)27(31)36-20-9-5-17(6-10-20)16-34-28(32)33;26-20(35-15-7-5-14(6-8-15)19-11-22(38)40-39-19)9-10-21(27)36-18-4-2-1-3-17(18)23(28)33-12-16(37-25(31)32)13-34-24(29)30/h1-11,14-15H,12-13,16H2;1-12,15H,13-14,16H2;1-8,11,16H,9-10,12-13H2. The van der Waals surface area contributed by atoms with Crippen molar-refractivity contribution < 1.29 is 125 Å². The van der Waals surface area contributed by atoms with Crippen molar-refractivity contribution in [3.8, 4) is 77.3 Å². The maximum atomic E-state index is 12.7. The molecule has 0 bridgehead atoms. The van der Waals surface area contributed by atoms with Crippen LogP contribution in [0.4, 0.5) is 0 Å². The highest BCUT2D eigenvalue weighted by Gasteiger charge is 2.25. The summed E-state index contributed by atoms with van der Waals surface area (Å²) in [7, 11) is 9.17. The summed E-state index contributed by atoms with van der Waals surface area (Å²) < 4.78 is 49.6. The molecule has 3 aromatic heterocycles. The Hall–Kier alpha value is -13.4. The van der Waals surface area contributed by atoms with E-state index in [2.05, 4.69) is 19.4 Å². The lowest BCUT2D eigenvalue weighted by atomic mass is 10.2. The van der Waals surface area contributed by atoms with Gasteiger partial charge in [-0.05, 0) is 179 Å². The summed E-state index contributed by atoms with van der Waals surface area (Å²) in [6, 6.07) is 55.7. The lowest BCUT2D eigenvalue weighted by Crippen LogP contribution is -2.30. The predicted molar refractivity (Wildman–Crippen MR) is 438 cm³/mol. The number of carbonyl (C=O) groups is 9. The molecule has 0 saturated carbocycles. The molecule has 11 aromatic rings. The van der Waals surface area contributed by atoms with Crippen LogP contribution in [0, 0.1) is 51.9 Å². The van der Waals surface area contributed by atoms with Crippen molar-refractivity contribution in [1.82, 2.24) is 0 Å². The monoisotopic (exact) mass is 1800 g/mol. The van der Waals surface area contributed by atoms with E-state index in [0.29, 0.717) is 22.6 Å². The van der Waals surface area contributed by atoms with E-state index in [9.17, 15) is 83.6 Å². The van der Waals surface area contributed by atoms with Gasteiger partial charge in [0.15, 0.2) is 6.10 Å². The normalized spacial score (nSPS) is 10.6. The van der Waals surface area contributed by atoms with E-state index in [4.69, 9.17) is 79.3 Å². The molecule has 618 valence electrons. The average Bonchev–Trinajstić information content (AvgIpc) is 1.40. The number of hydrogen-bond donors (Lipinski definition) is 0. The third kappa shape index (κ3) is 30.6. The summed E-state index contributed by atoms with van der Waals surface area (Å²) in [5.74, 6) is -5.93. The van der Waals surface area contributed by atoms with Gasteiger partial charge in [-0.25, -0.2) is 14.4 Å². The van der Waals surface area contributed by atoms with Crippen LogP contribution in [0.15, 0.2) is 212 Å². The van der Waals surface area contributed by atoms with Crippen LogP contribution in [0.1, 0.15) is 80.7 Å². The molecule has 0 aliphatic heterocycles. The lowest BCUT2D eigenvalue weighted by molar-refractivity contribution is -0.790. The summed E-state index contributed by atoms with van der Waals surface area (Å²) in [5, 5.41) is 37.3. The Kier molecular flexibility index (Phi) is 34.6. The van der Waals surface area contributed by atoms with Gasteiger partial charge in [-0.1, -0.05) is 159 Å². The molecule has 1 unspecified atom stereocenters. The van der Waals surface area contributed by atoms with Crippen LogP contribution in [-0.4, -0.2) is 93.4 Å². The molecule has 8 aromatic carbocycles. The SMILES string of the molecule is O=C(CCC(=O)Oc1ccccc1C(=O)OCC(CO[N+](=O)[O-])O[N+](=O)[O-])Oc1ccc(-c2cc(=S)ss2)cc1.O=C(CCC(=O)Oc1ccccc1C(=O)Oc1ccc(CO[N+](=O)[O-])cc1)Oc1ccc(-c2cc(=S)ss2)cc1.O=C(CCC(=O)Oc1ccccc1C(=O)Oc1cccc(CO[N+](=O)[O-])c1)Oc1ccc(-c2cc(=S)ss2)cc1. The van der Waals surface area contributed by atoms with E-state index in [1.807, 2.05) is 42.5 Å². The second kappa shape index (κ2) is 45.9. The molecule has 43 heteroatoms. The Morgan fingerprint density at radius 2 is 0.633 bits per heavy atom. The number of para-hydroxylation sites is 3. The average molecular weight is 1810 g/mol. The molecular weight excluding hydrogens is 1750 g/mol. The first-order valence-electron chi connectivity index (χ1n) is 34.2. The van der Waals surface area contributed by atoms with Gasteiger partial charge in [0, 0.05) is 14.6 Å². The van der Waals surface area contributed by atoms with Crippen molar-refractivity contribution >= 4 is 152 Å². The number of nitrogens with zero attached hydrogens (tertiary/aromatic N) is 4. The third-order valence-corrected chi connectivity index (χ3v) is 23.7. The maximum Gasteiger partial charge on any atom is 0.347 e. The van der Waals surface area contributed by atoms with Gasteiger partial charge in [0.05, 0.1) is 38.5 Å². The number of esters is 9. The van der Waals surface area contributed by atoms with Gasteiger partial charge < -0.3 is 62.0 Å². The first-order valence-corrected chi connectivity index (χ1v) is 41.9. The van der Waals surface area contributed by atoms with Crippen molar-refractivity contribution in [2.75, 3.05) is 13.2 Å². The van der Waals surface area contributed by atoms with Crippen LogP contribution >= 0.6 is 98.7 Å². The largest absolute Gasteiger partial charge is 0.460 e. The first-order chi connectivity index (χ1) is 57.6. The molecule has 3 heterocycles. The van der Waals surface area contributed by atoms with E-state index >= 15 is 0 Å². The summed E-state index contributed by atoms with van der Waals surface area (Å²) >= 11 is 15.4. The van der Waals surface area contributed by atoms with Crippen LogP contribution in [-0.2, 0) is 66.1 Å². The lowest BCUT2D eigenvalue weighted by Gasteiger charge is -2.15. The Balaban J connectivity index is 0.000000205. The third-order valence-electron chi connectivity index (χ3n) is 15.0. The van der Waals surface area contributed by atoms with Gasteiger partial charge in [-0.2, -0.15) is 0 Å². The molecule has 0 radical (unpaired) electrons. The Morgan fingerprint density at radius 3 is 0.983 bits per heavy atom. The molecule has 0 N–H and O–H groups in total. The summed E-state index contributed by atoms with van der Waals surface area (Å²) in [6.07, 6.45) is -3.28. The zero-order chi connectivity index (χ0) is 86.0. The molecule has 0 aliphatic rings. The van der Waals surface area contributed by atoms with Crippen LogP contribution in [0.5, 0.6) is 46.0 Å². The molecular formula is C77H56N4O30S9. The smallest absolute Gasteiger partial charge is 0.347 e. The fourth-order valence-corrected chi connectivity index (χ4v) is 16.8. The number of rotatable bonds is 36. The van der Waals surface area contributed by atoms with Crippen LogP contribution < -0.4 is 37.9 Å². The zero-order valence-electron chi connectivity index (χ0n) is 61.1. The van der Waals surface area contributed by atoms with E-state index in [-0.39, 0.29) is 103 Å². The van der Waals surface area contributed by atoms with E-state index < -0.39 is 93.4 Å². The quantitative estimate of drug-likeness (QED) is 0.00878. The van der Waals surface area contributed by atoms with Crippen LogP contribution in [0.2, 0.25) is 0 Å². The first kappa shape index (κ1) is 90.5. The highest BCUT2D eigenvalue weighted by Crippen LogP contribution is 2.35. The molecule has 34 nitrogen and oxygen atoms in total. The predicted octanol–water partition coefficient (Wildman–Crippen LogP) is 17.3. The minimum absolute atomic E-state index is 0.00557. The van der Waals surface area contributed by atoms with Crippen molar-refractivity contribution in [2.24, 2.45) is 0 Å². The van der Waals surface area contributed by atoms with Gasteiger partial charge in [-0.15, -0.1) is 40.5 Å². The Bertz CT molecular complexity index is 5710. The van der Waals surface area contributed by atoms with Crippen molar-refractivity contribution in [1.29, 1.82) is 0 Å². The molecule has 0 spiro atoms. The van der Waals surface area contributed by atoms with Crippen molar-refractivity contribution in [3.63, 3.8) is 0 Å². The second-order valence-corrected chi connectivity index (χ2v) is 32.3. The minimum atomic E-state index is -1.59. The van der Waals surface area contributed by atoms with Crippen LogP contribution in [0.25, 0.3) is 31.3 Å². The Labute approximate surface area is 713 Å². The highest BCUT2D eigenvalue weighted by atomic mass is 32.9. The summed E-state index contributed by atoms with van der Waals surface area (Å²) in [6.45, 7) is -2.20. The molecule has 0 aliphatic carbocycles. The molecule has 0 saturated heterocycles. The summed E-state index contributed by atoms with van der Waals surface area (Å²) in [5.41, 5.74) is 3.50. The van der Waals surface area contributed by atoms with Crippen LogP contribution in [0.3, 0.4) is 0 Å². The second-order valence-electron chi connectivity index (χ2n) is 23.5. The van der Waals surface area contributed by atoms with Gasteiger partial charge in [-0.3, -0.25) is 28.8 Å². The molecule has 1 atom stereocenters. The van der Waals surface area contributed by atoms with E-state index in [0.717, 1.165) is 42.8 Å². The van der Waals surface area contributed by atoms with E-state index in [1.54, 1.807) is 106 Å². The fourth-order valence-electron chi connectivity index (χ4n) is 9.59. The topological polar surface area (TPSA) is 446 Å². The Morgan fingerprint density at radius 1 is 0.308 bits per heavy atom. The molecule has 11 rings (SSSR count). The number of hydrogen-bond acceptors (Lipinski definition) is 39. The van der Waals surface area contributed by atoms with Crippen molar-refractivity contribution in [3.05, 3.63) is 292 Å². The maximum absolute atomic E-state index is 12.7. The molecule has 0 amide bonds. The highest BCUT2D eigenvalue weighted by molar-refractivity contribution is 7.81. The van der Waals surface area contributed by atoms with E-state index in [1.165, 1.54) is 126 Å². The summed E-state index contributed by atoms with van der Waals surface area (Å²) in [4.78, 5) is 173. The molecule has 0 fully saturated rings. The zero-order valence-corrected chi connectivity index (χ0v) is 68.4.